The highest BCUT2D eigenvalue weighted by Crippen LogP contribution is 2.26. The highest BCUT2D eigenvalue weighted by Gasteiger charge is 2.07. The minimum Gasteiger partial charge on any atom is -0.455 e. The van der Waals surface area contributed by atoms with Gasteiger partial charge < -0.3 is 9.84 Å². The largest absolute Gasteiger partial charge is 0.455 e. The van der Waals surface area contributed by atoms with Crippen molar-refractivity contribution in [3.63, 3.8) is 0 Å². The predicted octanol–water partition coefficient (Wildman–Crippen LogP) is 3.93. The molecular formula is C16H19NO2. The van der Waals surface area contributed by atoms with Crippen LogP contribution in [0.4, 0.5) is 0 Å². The fraction of sp³-hybridized carbons (Fsp3) is 0.312. The normalized spacial score (nSPS) is 12.2. The molecule has 0 aliphatic carbocycles. The van der Waals surface area contributed by atoms with E-state index in [4.69, 9.17) is 4.74 Å². The molecule has 1 aromatic carbocycles. The van der Waals surface area contributed by atoms with Gasteiger partial charge in [-0.3, -0.25) is 4.98 Å². The van der Waals surface area contributed by atoms with Gasteiger partial charge in [-0.1, -0.05) is 19.1 Å². The van der Waals surface area contributed by atoms with E-state index in [-0.39, 0.29) is 0 Å². The first-order chi connectivity index (χ1) is 9.10. The van der Waals surface area contributed by atoms with Crippen LogP contribution in [-0.2, 0) is 0 Å². The summed E-state index contributed by atoms with van der Waals surface area (Å²) in [5, 5.41) is 9.69. The van der Waals surface area contributed by atoms with Crippen molar-refractivity contribution in [3.8, 4) is 11.5 Å². The Hall–Kier alpha value is -1.87. The van der Waals surface area contributed by atoms with Crippen molar-refractivity contribution in [3.05, 3.63) is 53.3 Å². The van der Waals surface area contributed by atoms with Gasteiger partial charge in [0.05, 0.1) is 18.0 Å². The third-order valence-corrected chi connectivity index (χ3v) is 3.06. The molecule has 0 radical (unpaired) electrons. The van der Waals surface area contributed by atoms with Crippen molar-refractivity contribution >= 4 is 0 Å². The lowest BCUT2D eigenvalue weighted by atomic mass is 10.1. The molecule has 0 saturated carbocycles. The van der Waals surface area contributed by atoms with E-state index in [0.29, 0.717) is 17.9 Å². The van der Waals surface area contributed by atoms with Crippen LogP contribution in [0.2, 0.25) is 0 Å². The van der Waals surface area contributed by atoms with Crippen LogP contribution in [0.3, 0.4) is 0 Å². The number of aryl methyl sites for hydroxylation is 2. The Kier molecular flexibility index (Phi) is 4.17. The molecule has 2 rings (SSSR count). The smallest absolute Gasteiger partial charge is 0.145 e. The van der Waals surface area contributed by atoms with Gasteiger partial charge in [0, 0.05) is 0 Å². The first-order valence-corrected chi connectivity index (χ1v) is 6.49. The van der Waals surface area contributed by atoms with E-state index in [9.17, 15) is 5.11 Å². The van der Waals surface area contributed by atoms with Gasteiger partial charge in [0.1, 0.15) is 11.5 Å². The van der Waals surface area contributed by atoms with Crippen LogP contribution >= 0.6 is 0 Å². The van der Waals surface area contributed by atoms with E-state index in [1.54, 1.807) is 12.3 Å². The van der Waals surface area contributed by atoms with E-state index < -0.39 is 6.10 Å². The van der Waals surface area contributed by atoms with Crippen LogP contribution in [0.1, 0.15) is 36.3 Å². The summed E-state index contributed by atoms with van der Waals surface area (Å²) in [6, 6.07) is 9.73. The van der Waals surface area contributed by atoms with E-state index in [2.05, 4.69) is 11.1 Å². The molecule has 0 spiro atoms. The van der Waals surface area contributed by atoms with Crippen molar-refractivity contribution in [2.75, 3.05) is 0 Å². The van der Waals surface area contributed by atoms with E-state index in [1.165, 1.54) is 0 Å². The predicted molar refractivity (Wildman–Crippen MR) is 75.5 cm³/mol. The number of benzene rings is 1. The molecule has 0 aliphatic heterocycles. The number of aliphatic hydroxyl groups excluding tert-OH is 1. The Labute approximate surface area is 113 Å². The molecule has 3 nitrogen and oxygen atoms in total. The number of ether oxygens (including phenoxy) is 1. The number of pyridine rings is 1. The number of hydrogen-bond donors (Lipinski definition) is 1. The van der Waals surface area contributed by atoms with Crippen LogP contribution in [0, 0.1) is 13.8 Å². The topological polar surface area (TPSA) is 42.4 Å². The maximum atomic E-state index is 9.69. The Morgan fingerprint density at radius 3 is 2.63 bits per heavy atom. The Morgan fingerprint density at radius 1 is 1.21 bits per heavy atom. The minimum absolute atomic E-state index is 0.505. The Balaban J connectivity index is 2.17. The molecule has 100 valence electrons. The minimum atomic E-state index is -0.505. The van der Waals surface area contributed by atoms with E-state index in [0.717, 1.165) is 16.9 Å². The van der Waals surface area contributed by atoms with Crippen LogP contribution < -0.4 is 4.74 Å². The summed E-state index contributed by atoms with van der Waals surface area (Å²) in [5.41, 5.74) is 2.92. The molecule has 0 amide bonds. The van der Waals surface area contributed by atoms with Gasteiger partial charge in [-0.2, -0.15) is 0 Å². The zero-order chi connectivity index (χ0) is 13.8. The molecule has 0 bridgehead atoms. The standard InChI is InChI=1S/C16H19NO2/c1-4-15(18)14-8-7-13(10-17-14)19-16-9-11(2)5-6-12(16)3/h5-10,15,18H,4H2,1-3H3. The fourth-order valence-electron chi connectivity index (χ4n) is 1.80. The van der Waals surface area contributed by atoms with Gasteiger partial charge in [-0.15, -0.1) is 0 Å². The SMILES string of the molecule is CCC(O)c1ccc(Oc2cc(C)ccc2C)cn1. The summed E-state index contributed by atoms with van der Waals surface area (Å²) in [6.45, 7) is 5.97. The molecule has 1 N–H and O–H groups in total. The molecule has 0 aliphatic rings. The lowest BCUT2D eigenvalue weighted by Gasteiger charge is -2.11. The first-order valence-electron chi connectivity index (χ1n) is 6.49. The molecule has 3 heteroatoms. The molecular weight excluding hydrogens is 238 g/mol. The van der Waals surface area contributed by atoms with Crippen molar-refractivity contribution < 1.29 is 9.84 Å². The lowest BCUT2D eigenvalue weighted by Crippen LogP contribution is -1.98. The average Bonchev–Trinajstić information content (AvgIpc) is 2.43. The van der Waals surface area contributed by atoms with Gasteiger partial charge in [0.15, 0.2) is 0 Å². The van der Waals surface area contributed by atoms with Crippen molar-refractivity contribution in [2.45, 2.75) is 33.3 Å². The zero-order valence-electron chi connectivity index (χ0n) is 11.6. The van der Waals surface area contributed by atoms with Crippen LogP contribution in [0.15, 0.2) is 36.5 Å². The highest BCUT2D eigenvalue weighted by molar-refractivity contribution is 5.39. The van der Waals surface area contributed by atoms with Crippen molar-refractivity contribution in [2.24, 2.45) is 0 Å². The number of nitrogens with zero attached hydrogens (tertiary/aromatic N) is 1. The third kappa shape index (κ3) is 3.32. The van der Waals surface area contributed by atoms with Crippen LogP contribution in [-0.4, -0.2) is 10.1 Å². The van der Waals surface area contributed by atoms with E-state index >= 15 is 0 Å². The third-order valence-electron chi connectivity index (χ3n) is 3.06. The summed E-state index contributed by atoms with van der Waals surface area (Å²) in [4.78, 5) is 4.22. The van der Waals surface area contributed by atoms with Crippen molar-refractivity contribution in [1.29, 1.82) is 0 Å². The second kappa shape index (κ2) is 5.85. The molecule has 1 aromatic heterocycles. The highest BCUT2D eigenvalue weighted by atomic mass is 16.5. The van der Waals surface area contributed by atoms with Gasteiger partial charge >= 0.3 is 0 Å². The summed E-state index contributed by atoms with van der Waals surface area (Å²) < 4.78 is 5.81. The molecule has 2 aromatic rings. The second-order valence-electron chi connectivity index (χ2n) is 4.71. The van der Waals surface area contributed by atoms with Crippen LogP contribution in [0.5, 0.6) is 11.5 Å². The summed E-state index contributed by atoms with van der Waals surface area (Å²) in [7, 11) is 0. The number of aromatic nitrogens is 1. The molecule has 1 atom stereocenters. The Morgan fingerprint density at radius 2 is 2.00 bits per heavy atom. The molecule has 19 heavy (non-hydrogen) atoms. The number of rotatable bonds is 4. The lowest BCUT2D eigenvalue weighted by molar-refractivity contribution is 0.169. The fourth-order valence-corrected chi connectivity index (χ4v) is 1.80. The number of hydrogen-bond acceptors (Lipinski definition) is 3. The average molecular weight is 257 g/mol. The first kappa shape index (κ1) is 13.6. The number of aliphatic hydroxyl groups is 1. The van der Waals surface area contributed by atoms with Crippen LogP contribution in [0.25, 0.3) is 0 Å². The van der Waals surface area contributed by atoms with Crippen molar-refractivity contribution in [1.82, 2.24) is 4.98 Å². The summed E-state index contributed by atoms with van der Waals surface area (Å²) in [5.74, 6) is 1.52. The van der Waals surface area contributed by atoms with Gasteiger partial charge in [0.25, 0.3) is 0 Å². The maximum absolute atomic E-state index is 9.69. The maximum Gasteiger partial charge on any atom is 0.145 e. The van der Waals surface area contributed by atoms with Gasteiger partial charge in [0.2, 0.25) is 0 Å². The van der Waals surface area contributed by atoms with Gasteiger partial charge in [-0.05, 0) is 49.6 Å². The monoisotopic (exact) mass is 257 g/mol. The zero-order valence-corrected chi connectivity index (χ0v) is 11.6. The van der Waals surface area contributed by atoms with Gasteiger partial charge in [-0.25, -0.2) is 0 Å². The summed E-state index contributed by atoms with van der Waals surface area (Å²) in [6.07, 6.45) is 1.80. The second-order valence-corrected chi connectivity index (χ2v) is 4.71. The van der Waals surface area contributed by atoms with E-state index in [1.807, 2.05) is 39.0 Å². The molecule has 0 saturated heterocycles. The summed E-state index contributed by atoms with van der Waals surface area (Å²) >= 11 is 0. The molecule has 1 unspecified atom stereocenters. The quantitative estimate of drug-likeness (QED) is 0.902. The molecule has 1 heterocycles. The Bertz CT molecular complexity index is 549. The molecule has 0 fully saturated rings.